The van der Waals surface area contributed by atoms with Crippen LogP contribution in [0.2, 0.25) is 0 Å². The second kappa shape index (κ2) is 11.9. The molecule has 2 aromatic heterocycles. The number of nitrogens with zero attached hydrogens (tertiary/aromatic N) is 5. The van der Waals surface area contributed by atoms with E-state index in [2.05, 4.69) is 34.1 Å². The molecular formula is C24H28FN5O2. The highest BCUT2D eigenvalue weighted by atomic mass is 19.1. The van der Waals surface area contributed by atoms with Crippen LogP contribution in [-0.2, 0) is 0 Å². The number of halogens is 1. The van der Waals surface area contributed by atoms with Crippen LogP contribution < -0.4 is 4.74 Å². The highest BCUT2D eigenvalue weighted by molar-refractivity contribution is 5.62. The Kier molecular flexibility index (Phi) is 8.70. The summed E-state index contributed by atoms with van der Waals surface area (Å²) < 4.78 is 25.0. The summed E-state index contributed by atoms with van der Waals surface area (Å²) in [6, 6.07) is 9.41. The molecule has 0 aliphatic carbocycles. The Labute approximate surface area is 187 Å². The van der Waals surface area contributed by atoms with Gasteiger partial charge in [0, 0.05) is 11.8 Å². The molecular weight excluding hydrogens is 409 g/mol. The van der Waals surface area contributed by atoms with Gasteiger partial charge < -0.3 is 14.2 Å². The summed E-state index contributed by atoms with van der Waals surface area (Å²) in [7, 11) is 4.21. The Balaban J connectivity index is 1.55. The number of aromatic nitrogens is 3. The van der Waals surface area contributed by atoms with Gasteiger partial charge in [-0.15, -0.1) is 0 Å². The molecule has 0 aliphatic rings. The zero-order chi connectivity index (χ0) is 22.8. The van der Waals surface area contributed by atoms with E-state index in [1.54, 1.807) is 12.3 Å². The first kappa shape index (κ1) is 23.4. The fourth-order valence-corrected chi connectivity index (χ4v) is 3.31. The Morgan fingerprint density at radius 2 is 1.88 bits per heavy atom. The summed E-state index contributed by atoms with van der Waals surface area (Å²) in [5.41, 5.74) is 0.978. The highest BCUT2D eigenvalue weighted by Gasteiger charge is 2.17. The van der Waals surface area contributed by atoms with Gasteiger partial charge in [0.25, 0.3) is 5.89 Å². The molecule has 0 radical (unpaired) electrons. The van der Waals surface area contributed by atoms with E-state index in [0.717, 1.165) is 25.5 Å². The van der Waals surface area contributed by atoms with Crippen molar-refractivity contribution in [3.63, 3.8) is 0 Å². The third-order valence-electron chi connectivity index (χ3n) is 4.94. The predicted octanol–water partition coefficient (Wildman–Crippen LogP) is 5.09. The lowest BCUT2D eigenvalue weighted by atomic mass is 10.1. The number of rotatable bonds is 12. The quantitative estimate of drug-likeness (QED) is 0.365. The molecule has 1 aromatic carbocycles. The zero-order valence-corrected chi connectivity index (χ0v) is 18.6. The molecule has 0 fully saturated rings. The lowest BCUT2D eigenvalue weighted by Gasteiger charge is -2.09. The van der Waals surface area contributed by atoms with Gasteiger partial charge in [0.15, 0.2) is 5.69 Å². The molecule has 2 heterocycles. The maximum absolute atomic E-state index is 13.7. The van der Waals surface area contributed by atoms with Crippen molar-refractivity contribution in [2.45, 2.75) is 38.5 Å². The average molecular weight is 438 g/mol. The summed E-state index contributed by atoms with van der Waals surface area (Å²) >= 11 is 0. The van der Waals surface area contributed by atoms with E-state index in [4.69, 9.17) is 14.5 Å². The van der Waals surface area contributed by atoms with Crippen molar-refractivity contribution in [3.05, 3.63) is 47.9 Å². The summed E-state index contributed by atoms with van der Waals surface area (Å²) in [6.45, 7) is 1.72. The van der Waals surface area contributed by atoms with Gasteiger partial charge in [-0.3, -0.25) is 0 Å². The Morgan fingerprint density at radius 3 is 2.66 bits per heavy atom. The molecule has 0 aliphatic heterocycles. The number of hydrogen-bond acceptors (Lipinski definition) is 7. The molecule has 0 bridgehead atoms. The molecule has 168 valence electrons. The molecule has 8 heteroatoms. The van der Waals surface area contributed by atoms with Crippen molar-refractivity contribution in [3.8, 4) is 34.8 Å². The predicted molar refractivity (Wildman–Crippen MR) is 119 cm³/mol. The van der Waals surface area contributed by atoms with E-state index in [-0.39, 0.29) is 17.3 Å². The van der Waals surface area contributed by atoms with Crippen LogP contribution in [0.3, 0.4) is 0 Å². The van der Waals surface area contributed by atoms with E-state index in [9.17, 15) is 4.39 Å². The van der Waals surface area contributed by atoms with Gasteiger partial charge in [-0.1, -0.05) is 30.8 Å². The molecule has 0 spiro atoms. The molecule has 0 amide bonds. The summed E-state index contributed by atoms with van der Waals surface area (Å²) in [6.07, 6.45) is 8.64. The maximum atomic E-state index is 13.7. The number of pyridine rings is 1. The Morgan fingerprint density at radius 1 is 1.09 bits per heavy atom. The monoisotopic (exact) mass is 437 g/mol. The first-order chi connectivity index (χ1) is 15.6. The fraction of sp³-hybridized carbons (Fsp3) is 0.417. The lowest BCUT2D eigenvalue weighted by Crippen LogP contribution is -2.12. The Bertz CT molecular complexity index is 1040. The van der Waals surface area contributed by atoms with Crippen LogP contribution in [0.25, 0.3) is 23.0 Å². The number of ether oxygens (including phenoxy) is 1. The van der Waals surface area contributed by atoms with Gasteiger partial charge in [-0.25, -0.2) is 9.37 Å². The SMILES string of the molecule is CN(C)CCCCCCCCOc1cccnc1-c1noc(-c2cc(F)cc(C#N)c2)n1. The van der Waals surface area contributed by atoms with Crippen molar-refractivity contribution in [1.29, 1.82) is 5.26 Å². The molecule has 0 saturated carbocycles. The fourth-order valence-electron chi connectivity index (χ4n) is 3.31. The van der Waals surface area contributed by atoms with Crippen LogP contribution in [-0.4, -0.2) is 47.3 Å². The van der Waals surface area contributed by atoms with E-state index in [1.165, 1.54) is 37.8 Å². The number of benzene rings is 1. The molecule has 32 heavy (non-hydrogen) atoms. The topological polar surface area (TPSA) is 88.1 Å². The molecule has 3 aromatic rings. The normalized spacial score (nSPS) is 11.0. The summed E-state index contributed by atoms with van der Waals surface area (Å²) in [5.74, 6) is 0.391. The van der Waals surface area contributed by atoms with Crippen LogP contribution in [0.4, 0.5) is 4.39 Å². The van der Waals surface area contributed by atoms with Gasteiger partial charge in [-0.2, -0.15) is 10.2 Å². The number of nitriles is 1. The van der Waals surface area contributed by atoms with E-state index < -0.39 is 5.82 Å². The minimum absolute atomic E-state index is 0.113. The van der Waals surface area contributed by atoms with Crippen LogP contribution in [0.5, 0.6) is 5.75 Å². The first-order valence-electron chi connectivity index (χ1n) is 10.8. The molecule has 0 unspecified atom stereocenters. The van der Waals surface area contributed by atoms with Crippen LogP contribution in [0.15, 0.2) is 41.1 Å². The maximum Gasteiger partial charge on any atom is 0.258 e. The van der Waals surface area contributed by atoms with Crippen LogP contribution >= 0.6 is 0 Å². The van der Waals surface area contributed by atoms with Crippen molar-refractivity contribution < 1.29 is 13.7 Å². The number of unbranched alkanes of at least 4 members (excludes halogenated alkanes) is 5. The van der Waals surface area contributed by atoms with Crippen molar-refractivity contribution in [2.24, 2.45) is 0 Å². The third-order valence-corrected chi connectivity index (χ3v) is 4.94. The Hall–Kier alpha value is -3.31. The minimum Gasteiger partial charge on any atom is -0.491 e. The first-order valence-corrected chi connectivity index (χ1v) is 10.8. The van der Waals surface area contributed by atoms with E-state index in [0.29, 0.717) is 23.6 Å². The molecule has 0 N–H and O–H groups in total. The number of hydrogen-bond donors (Lipinski definition) is 0. The summed E-state index contributed by atoms with van der Waals surface area (Å²) in [4.78, 5) is 10.9. The van der Waals surface area contributed by atoms with Gasteiger partial charge in [0.05, 0.1) is 18.2 Å². The van der Waals surface area contributed by atoms with Gasteiger partial charge in [0.2, 0.25) is 5.82 Å². The standard InChI is InChI=1S/C24H28FN5O2/c1-30(2)12-7-5-3-4-6-8-13-31-21-10-9-11-27-22(21)23-28-24(32-29-23)19-14-18(17-26)15-20(25)16-19/h9-11,14-16H,3-8,12-13H2,1-2H3. The van der Waals surface area contributed by atoms with E-state index in [1.807, 2.05) is 12.1 Å². The molecule has 3 rings (SSSR count). The van der Waals surface area contributed by atoms with Crippen molar-refractivity contribution in [1.82, 2.24) is 20.0 Å². The van der Waals surface area contributed by atoms with Crippen molar-refractivity contribution >= 4 is 0 Å². The second-order valence-electron chi connectivity index (χ2n) is 7.89. The average Bonchev–Trinajstić information content (AvgIpc) is 3.28. The van der Waals surface area contributed by atoms with Crippen LogP contribution in [0.1, 0.15) is 44.1 Å². The van der Waals surface area contributed by atoms with Gasteiger partial charge in [-0.05, 0) is 63.8 Å². The highest BCUT2D eigenvalue weighted by Crippen LogP contribution is 2.28. The van der Waals surface area contributed by atoms with Gasteiger partial charge in [0.1, 0.15) is 11.6 Å². The van der Waals surface area contributed by atoms with E-state index >= 15 is 0 Å². The lowest BCUT2D eigenvalue weighted by molar-refractivity contribution is 0.303. The summed E-state index contributed by atoms with van der Waals surface area (Å²) in [5, 5.41) is 13.0. The minimum atomic E-state index is -0.543. The molecule has 0 atom stereocenters. The zero-order valence-electron chi connectivity index (χ0n) is 18.6. The second-order valence-corrected chi connectivity index (χ2v) is 7.89. The van der Waals surface area contributed by atoms with Crippen molar-refractivity contribution in [2.75, 3.05) is 27.2 Å². The van der Waals surface area contributed by atoms with Gasteiger partial charge >= 0.3 is 0 Å². The largest absolute Gasteiger partial charge is 0.491 e. The molecule has 0 saturated heterocycles. The van der Waals surface area contributed by atoms with Crippen LogP contribution in [0, 0.1) is 17.1 Å². The molecule has 7 nitrogen and oxygen atoms in total. The smallest absolute Gasteiger partial charge is 0.258 e. The third kappa shape index (κ3) is 6.86.